The summed E-state index contributed by atoms with van der Waals surface area (Å²) < 4.78 is 0. The van der Waals surface area contributed by atoms with Crippen LogP contribution in [0.1, 0.15) is 34.3 Å². The van der Waals surface area contributed by atoms with Crippen LogP contribution in [0.3, 0.4) is 0 Å². The van der Waals surface area contributed by atoms with E-state index in [0.29, 0.717) is 12.1 Å². The van der Waals surface area contributed by atoms with Gasteiger partial charge in [-0.2, -0.15) is 0 Å². The highest BCUT2D eigenvalue weighted by Gasteiger charge is 2.41. The first-order valence-electron chi connectivity index (χ1n) is 10.1. The zero-order chi connectivity index (χ0) is 20.4. The van der Waals surface area contributed by atoms with Crippen LogP contribution >= 0.6 is 11.6 Å². The van der Waals surface area contributed by atoms with E-state index in [0.717, 1.165) is 54.5 Å². The second-order valence-corrected chi connectivity index (χ2v) is 8.63. The summed E-state index contributed by atoms with van der Waals surface area (Å²) in [5.74, 6) is 1.04. The minimum Gasteiger partial charge on any atom is -0.345 e. The van der Waals surface area contributed by atoms with Crippen LogP contribution in [0, 0.1) is 5.41 Å². The number of anilines is 1. The number of benzene rings is 2. The number of hydrogen-bond donors (Lipinski definition) is 2. The van der Waals surface area contributed by atoms with E-state index in [4.69, 9.17) is 16.6 Å². The molecule has 1 saturated heterocycles. The quantitative estimate of drug-likeness (QED) is 0.804. The fraction of sp³-hybridized carbons (Fsp3) is 0.391. The van der Waals surface area contributed by atoms with Crippen molar-refractivity contribution in [2.24, 2.45) is 10.4 Å². The Bertz CT molecular complexity index is 948. The molecule has 1 amide bonds. The van der Waals surface area contributed by atoms with Gasteiger partial charge in [0.05, 0.1) is 6.54 Å². The van der Waals surface area contributed by atoms with Crippen molar-refractivity contribution in [3.8, 4) is 0 Å². The van der Waals surface area contributed by atoms with Crippen molar-refractivity contribution in [1.82, 2.24) is 10.2 Å². The Morgan fingerprint density at radius 3 is 2.69 bits per heavy atom. The highest BCUT2D eigenvalue weighted by molar-refractivity contribution is 6.30. The smallest absolute Gasteiger partial charge is 0.253 e. The predicted molar refractivity (Wildman–Crippen MR) is 119 cm³/mol. The number of rotatable bonds is 3. The Labute approximate surface area is 177 Å². The second-order valence-electron chi connectivity index (χ2n) is 8.20. The molecule has 2 aromatic carbocycles. The van der Waals surface area contributed by atoms with E-state index in [2.05, 4.69) is 22.8 Å². The first-order chi connectivity index (χ1) is 14.0. The van der Waals surface area contributed by atoms with Crippen LogP contribution in [0.2, 0.25) is 5.02 Å². The first kappa shape index (κ1) is 19.9. The maximum absolute atomic E-state index is 12.4. The minimum absolute atomic E-state index is 0.00849. The molecule has 29 heavy (non-hydrogen) atoms. The summed E-state index contributed by atoms with van der Waals surface area (Å²) in [4.78, 5) is 19.0. The standard InChI is InChI=1S/C23H27ClN4O/c1-28(2)21(29)17-6-7-18-14-23(8-10-25-11-9-23)22(27-20(18)13-17)26-15-16-4-3-5-19(24)12-16/h3-7,12-13,25H,8-11,14-15H2,1-2H3,(H,26,27). The highest BCUT2D eigenvalue weighted by Crippen LogP contribution is 2.41. The van der Waals surface area contributed by atoms with Crippen LogP contribution in [0.5, 0.6) is 0 Å². The van der Waals surface area contributed by atoms with Crippen LogP contribution in [0.15, 0.2) is 47.5 Å². The summed E-state index contributed by atoms with van der Waals surface area (Å²) >= 11 is 6.14. The van der Waals surface area contributed by atoms with Gasteiger partial charge < -0.3 is 15.5 Å². The number of amides is 1. The zero-order valence-corrected chi connectivity index (χ0v) is 17.7. The van der Waals surface area contributed by atoms with Gasteiger partial charge >= 0.3 is 0 Å². The molecule has 1 fully saturated rings. The molecule has 2 aromatic rings. The number of carbonyl (C=O) groups excluding carboxylic acids is 1. The third-order valence-electron chi connectivity index (χ3n) is 5.92. The SMILES string of the molecule is CN(C)C(=O)c1ccc2c(c1)NC(=NCc1cccc(Cl)c1)C1(CCNCC1)C2. The molecule has 4 rings (SSSR count). The maximum Gasteiger partial charge on any atom is 0.253 e. The lowest BCUT2D eigenvalue weighted by atomic mass is 9.70. The third kappa shape index (κ3) is 4.16. The summed E-state index contributed by atoms with van der Waals surface area (Å²) in [5.41, 5.74) is 4.05. The lowest BCUT2D eigenvalue weighted by Crippen LogP contribution is -2.48. The molecular formula is C23H27ClN4O. The fourth-order valence-electron chi connectivity index (χ4n) is 4.28. The van der Waals surface area contributed by atoms with Gasteiger partial charge in [0, 0.05) is 35.8 Å². The summed E-state index contributed by atoms with van der Waals surface area (Å²) in [7, 11) is 3.55. The predicted octanol–water partition coefficient (Wildman–Crippen LogP) is 3.98. The van der Waals surface area contributed by atoms with E-state index in [9.17, 15) is 4.79 Å². The number of fused-ring (bicyclic) bond motifs is 1. The summed E-state index contributed by atoms with van der Waals surface area (Å²) in [5, 5.41) is 7.79. The fourth-order valence-corrected chi connectivity index (χ4v) is 4.49. The van der Waals surface area contributed by atoms with E-state index in [1.165, 1.54) is 5.56 Å². The molecule has 0 aliphatic carbocycles. The number of carbonyl (C=O) groups is 1. The number of nitrogens with zero attached hydrogens (tertiary/aromatic N) is 2. The van der Waals surface area contributed by atoms with Crippen molar-refractivity contribution in [2.45, 2.75) is 25.8 Å². The minimum atomic E-state index is 0.00849. The summed E-state index contributed by atoms with van der Waals surface area (Å²) in [6.45, 7) is 2.57. The van der Waals surface area contributed by atoms with Gasteiger partial charge in [-0.1, -0.05) is 29.8 Å². The highest BCUT2D eigenvalue weighted by atomic mass is 35.5. The van der Waals surface area contributed by atoms with Crippen molar-refractivity contribution in [3.05, 3.63) is 64.2 Å². The molecule has 1 spiro atoms. The van der Waals surface area contributed by atoms with Gasteiger partial charge in [0.1, 0.15) is 5.84 Å². The van der Waals surface area contributed by atoms with E-state index in [1.54, 1.807) is 19.0 Å². The number of halogens is 1. The number of hydrogen-bond acceptors (Lipinski definition) is 3. The van der Waals surface area contributed by atoms with Gasteiger partial charge in [-0.3, -0.25) is 9.79 Å². The molecule has 0 radical (unpaired) electrons. The molecule has 2 aliphatic heterocycles. The van der Waals surface area contributed by atoms with Crippen LogP contribution < -0.4 is 10.6 Å². The van der Waals surface area contributed by atoms with E-state index in [1.807, 2.05) is 30.3 Å². The largest absolute Gasteiger partial charge is 0.345 e. The molecule has 152 valence electrons. The molecule has 0 unspecified atom stereocenters. The Balaban J connectivity index is 1.68. The Morgan fingerprint density at radius 2 is 1.97 bits per heavy atom. The normalized spacial score (nSPS) is 18.9. The molecule has 0 saturated carbocycles. The maximum atomic E-state index is 12.4. The number of piperidine rings is 1. The molecule has 2 heterocycles. The molecule has 2 N–H and O–H groups in total. The molecule has 0 atom stereocenters. The first-order valence-corrected chi connectivity index (χ1v) is 10.5. The average Bonchev–Trinajstić information content (AvgIpc) is 2.72. The Kier molecular flexibility index (Phi) is 5.61. The Morgan fingerprint density at radius 1 is 1.17 bits per heavy atom. The van der Waals surface area contributed by atoms with Crippen LogP contribution in [-0.2, 0) is 13.0 Å². The van der Waals surface area contributed by atoms with Gasteiger partial charge in [-0.25, -0.2) is 0 Å². The van der Waals surface area contributed by atoms with Gasteiger partial charge in [0.15, 0.2) is 0 Å². The lowest BCUT2D eigenvalue weighted by molar-refractivity contribution is 0.0827. The molecule has 0 bridgehead atoms. The van der Waals surface area contributed by atoms with Crippen molar-refractivity contribution < 1.29 is 4.79 Å². The Hall–Kier alpha value is -2.37. The molecule has 0 aromatic heterocycles. The van der Waals surface area contributed by atoms with Gasteiger partial charge in [0.2, 0.25) is 0 Å². The third-order valence-corrected chi connectivity index (χ3v) is 6.15. The average molecular weight is 411 g/mol. The van der Waals surface area contributed by atoms with Crippen molar-refractivity contribution >= 4 is 29.0 Å². The summed E-state index contributed by atoms with van der Waals surface area (Å²) in [6.07, 6.45) is 3.04. The molecule has 6 heteroatoms. The molecule has 2 aliphatic rings. The van der Waals surface area contributed by atoms with Crippen molar-refractivity contribution in [3.63, 3.8) is 0 Å². The van der Waals surface area contributed by atoms with E-state index in [-0.39, 0.29) is 11.3 Å². The van der Waals surface area contributed by atoms with Crippen LogP contribution in [-0.4, -0.2) is 43.8 Å². The zero-order valence-electron chi connectivity index (χ0n) is 17.0. The monoisotopic (exact) mass is 410 g/mol. The number of aliphatic imine (C=N–C) groups is 1. The summed E-state index contributed by atoms with van der Waals surface area (Å²) in [6, 6.07) is 13.8. The number of nitrogens with one attached hydrogen (secondary N) is 2. The van der Waals surface area contributed by atoms with Crippen LogP contribution in [0.25, 0.3) is 0 Å². The van der Waals surface area contributed by atoms with Gasteiger partial charge in [0.25, 0.3) is 5.91 Å². The van der Waals surface area contributed by atoms with E-state index < -0.39 is 0 Å². The number of amidine groups is 1. The van der Waals surface area contributed by atoms with Crippen LogP contribution in [0.4, 0.5) is 5.69 Å². The van der Waals surface area contributed by atoms with Gasteiger partial charge in [-0.15, -0.1) is 0 Å². The van der Waals surface area contributed by atoms with Gasteiger partial charge in [-0.05, 0) is 67.7 Å². The molecular weight excluding hydrogens is 384 g/mol. The molecule has 5 nitrogen and oxygen atoms in total. The van der Waals surface area contributed by atoms with Crippen molar-refractivity contribution in [1.29, 1.82) is 0 Å². The topological polar surface area (TPSA) is 56.7 Å². The lowest BCUT2D eigenvalue weighted by Gasteiger charge is -2.43. The second kappa shape index (κ2) is 8.17. The van der Waals surface area contributed by atoms with Crippen molar-refractivity contribution in [2.75, 3.05) is 32.5 Å². The van der Waals surface area contributed by atoms with E-state index >= 15 is 0 Å².